The maximum absolute atomic E-state index is 9.05. The SMILES string of the molecule is COc1cc(C(CN)CO)nc(C)n1. The molecule has 1 aromatic heterocycles. The van der Waals surface area contributed by atoms with E-state index in [1.165, 1.54) is 0 Å². The summed E-state index contributed by atoms with van der Waals surface area (Å²) in [5, 5.41) is 9.05. The fourth-order valence-corrected chi connectivity index (χ4v) is 1.16. The molecule has 0 radical (unpaired) electrons. The third kappa shape index (κ3) is 2.40. The van der Waals surface area contributed by atoms with E-state index >= 15 is 0 Å². The number of aromatic nitrogens is 2. The molecule has 14 heavy (non-hydrogen) atoms. The highest BCUT2D eigenvalue weighted by molar-refractivity contribution is 5.19. The van der Waals surface area contributed by atoms with Gasteiger partial charge in [0.25, 0.3) is 0 Å². The number of aryl methyl sites for hydroxylation is 1. The minimum absolute atomic E-state index is 0.0178. The average molecular weight is 197 g/mol. The summed E-state index contributed by atoms with van der Waals surface area (Å²) in [6.45, 7) is 2.11. The molecule has 0 aliphatic carbocycles. The van der Waals surface area contributed by atoms with Gasteiger partial charge in [-0.3, -0.25) is 0 Å². The van der Waals surface area contributed by atoms with Gasteiger partial charge < -0.3 is 15.6 Å². The number of nitrogens with zero attached hydrogens (tertiary/aromatic N) is 2. The van der Waals surface area contributed by atoms with Crippen LogP contribution in [-0.2, 0) is 0 Å². The van der Waals surface area contributed by atoms with Gasteiger partial charge in [0, 0.05) is 18.5 Å². The van der Waals surface area contributed by atoms with Crippen LogP contribution in [0.15, 0.2) is 6.07 Å². The predicted octanol–water partition coefficient (Wildman–Crippen LogP) is -0.172. The summed E-state index contributed by atoms with van der Waals surface area (Å²) in [5.41, 5.74) is 6.22. The monoisotopic (exact) mass is 197 g/mol. The summed E-state index contributed by atoms with van der Waals surface area (Å²) in [6, 6.07) is 1.70. The number of nitrogens with two attached hydrogens (primary N) is 1. The lowest BCUT2D eigenvalue weighted by atomic mass is 10.1. The first-order valence-corrected chi connectivity index (χ1v) is 4.41. The van der Waals surface area contributed by atoms with Crippen LogP contribution in [0.3, 0.4) is 0 Å². The van der Waals surface area contributed by atoms with Gasteiger partial charge in [0.2, 0.25) is 5.88 Å². The van der Waals surface area contributed by atoms with Crippen molar-refractivity contribution in [1.29, 1.82) is 0 Å². The average Bonchev–Trinajstić information content (AvgIpc) is 2.19. The zero-order valence-corrected chi connectivity index (χ0v) is 8.40. The van der Waals surface area contributed by atoms with E-state index < -0.39 is 0 Å². The van der Waals surface area contributed by atoms with E-state index in [2.05, 4.69) is 9.97 Å². The molecule has 1 aromatic rings. The van der Waals surface area contributed by atoms with E-state index in [1.54, 1.807) is 20.1 Å². The molecular formula is C9H15N3O2. The second-order valence-corrected chi connectivity index (χ2v) is 3.00. The summed E-state index contributed by atoms with van der Waals surface area (Å²) in [4.78, 5) is 8.24. The Morgan fingerprint density at radius 3 is 2.79 bits per heavy atom. The maximum atomic E-state index is 9.05. The van der Waals surface area contributed by atoms with Gasteiger partial charge in [0.1, 0.15) is 5.82 Å². The highest BCUT2D eigenvalue weighted by atomic mass is 16.5. The number of aliphatic hydroxyl groups is 1. The second kappa shape index (κ2) is 4.88. The standard InChI is InChI=1S/C9H15N3O2/c1-6-11-8(7(4-10)5-13)3-9(12-6)14-2/h3,7,13H,4-5,10H2,1-2H3. The molecule has 0 saturated heterocycles. The Labute approximate surface area is 82.9 Å². The van der Waals surface area contributed by atoms with Crippen LogP contribution in [0, 0.1) is 6.92 Å². The van der Waals surface area contributed by atoms with Gasteiger partial charge in [0.15, 0.2) is 0 Å². The molecule has 3 N–H and O–H groups in total. The van der Waals surface area contributed by atoms with Gasteiger partial charge in [-0.2, -0.15) is 4.98 Å². The first-order valence-electron chi connectivity index (χ1n) is 4.41. The lowest BCUT2D eigenvalue weighted by molar-refractivity contribution is 0.265. The highest BCUT2D eigenvalue weighted by Crippen LogP contribution is 2.16. The van der Waals surface area contributed by atoms with Gasteiger partial charge in [-0.15, -0.1) is 0 Å². The molecule has 0 spiro atoms. The molecule has 0 saturated carbocycles. The Hall–Kier alpha value is -1.20. The summed E-state index contributed by atoms with van der Waals surface area (Å²) in [5.74, 6) is 0.969. The Balaban J connectivity index is 3.01. The summed E-state index contributed by atoms with van der Waals surface area (Å²) in [6.07, 6.45) is 0. The molecule has 5 heteroatoms. The van der Waals surface area contributed by atoms with E-state index in [9.17, 15) is 0 Å². The van der Waals surface area contributed by atoms with Crippen molar-refractivity contribution in [3.05, 3.63) is 17.6 Å². The smallest absolute Gasteiger partial charge is 0.216 e. The number of hydrogen-bond acceptors (Lipinski definition) is 5. The van der Waals surface area contributed by atoms with Crippen molar-refractivity contribution in [3.63, 3.8) is 0 Å². The number of rotatable bonds is 4. The quantitative estimate of drug-likeness (QED) is 0.700. The molecule has 1 heterocycles. The summed E-state index contributed by atoms with van der Waals surface area (Å²) in [7, 11) is 1.54. The lowest BCUT2D eigenvalue weighted by Gasteiger charge is -2.12. The zero-order chi connectivity index (χ0) is 10.6. The Bertz CT molecular complexity index is 300. The molecule has 0 aromatic carbocycles. The predicted molar refractivity (Wildman–Crippen MR) is 52.2 cm³/mol. The molecule has 5 nitrogen and oxygen atoms in total. The van der Waals surface area contributed by atoms with Crippen molar-refractivity contribution in [2.24, 2.45) is 5.73 Å². The summed E-state index contributed by atoms with van der Waals surface area (Å²) < 4.78 is 5.00. The molecule has 0 fully saturated rings. The topological polar surface area (TPSA) is 81.3 Å². The summed E-state index contributed by atoms with van der Waals surface area (Å²) >= 11 is 0. The molecule has 1 unspecified atom stereocenters. The number of ether oxygens (including phenoxy) is 1. The number of aliphatic hydroxyl groups excluding tert-OH is 1. The van der Waals surface area contributed by atoms with Crippen LogP contribution >= 0.6 is 0 Å². The van der Waals surface area contributed by atoms with Gasteiger partial charge >= 0.3 is 0 Å². The Kier molecular flexibility index (Phi) is 3.79. The van der Waals surface area contributed by atoms with Crippen LogP contribution in [0.1, 0.15) is 17.4 Å². The molecule has 1 rings (SSSR count). The first kappa shape index (κ1) is 10.9. The van der Waals surface area contributed by atoms with Gasteiger partial charge in [-0.1, -0.05) is 0 Å². The normalized spacial score (nSPS) is 12.6. The molecule has 1 atom stereocenters. The van der Waals surface area contributed by atoms with Crippen LogP contribution in [0.4, 0.5) is 0 Å². The van der Waals surface area contributed by atoms with Gasteiger partial charge in [-0.05, 0) is 6.92 Å². The number of methoxy groups -OCH3 is 1. The van der Waals surface area contributed by atoms with Crippen molar-refractivity contribution >= 4 is 0 Å². The maximum Gasteiger partial charge on any atom is 0.216 e. The Morgan fingerprint density at radius 2 is 2.29 bits per heavy atom. The minimum atomic E-state index is -0.148. The van der Waals surface area contributed by atoms with Crippen LogP contribution in [0.5, 0.6) is 5.88 Å². The van der Waals surface area contributed by atoms with E-state index in [0.29, 0.717) is 18.2 Å². The highest BCUT2D eigenvalue weighted by Gasteiger charge is 2.12. The lowest BCUT2D eigenvalue weighted by Crippen LogP contribution is -2.18. The first-order chi connectivity index (χ1) is 6.71. The van der Waals surface area contributed by atoms with Crippen LogP contribution < -0.4 is 10.5 Å². The molecule has 0 amide bonds. The van der Waals surface area contributed by atoms with Crippen LogP contribution in [0.25, 0.3) is 0 Å². The zero-order valence-electron chi connectivity index (χ0n) is 8.40. The molecule has 0 bridgehead atoms. The van der Waals surface area contributed by atoms with Crippen molar-refractivity contribution in [3.8, 4) is 5.88 Å². The van der Waals surface area contributed by atoms with Crippen molar-refractivity contribution < 1.29 is 9.84 Å². The number of hydrogen-bond donors (Lipinski definition) is 2. The fraction of sp³-hybridized carbons (Fsp3) is 0.556. The van der Waals surface area contributed by atoms with Crippen molar-refractivity contribution in [2.75, 3.05) is 20.3 Å². The Morgan fingerprint density at radius 1 is 1.57 bits per heavy atom. The van der Waals surface area contributed by atoms with E-state index in [0.717, 1.165) is 5.69 Å². The third-order valence-corrected chi connectivity index (χ3v) is 1.97. The van der Waals surface area contributed by atoms with E-state index in [4.69, 9.17) is 15.6 Å². The molecule has 0 aliphatic rings. The minimum Gasteiger partial charge on any atom is -0.481 e. The van der Waals surface area contributed by atoms with Crippen molar-refractivity contribution in [1.82, 2.24) is 9.97 Å². The largest absolute Gasteiger partial charge is 0.481 e. The van der Waals surface area contributed by atoms with E-state index in [1.807, 2.05) is 0 Å². The molecule has 0 aliphatic heterocycles. The van der Waals surface area contributed by atoms with Crippen LogP contribution in [0.2, 0.25) is 0 Å². The fourth-order valence-electron chi connectivity index (χ4n) is 1.16. The van der Waals surface area contributed by atoms with E-state index in [-0.39, 0.29) is 12.5 Å². The molecule has 78 valence electrons. The molecular weight excluding hydrogens is 182 g/mol. The third-order valence-electron chi connectivity index (χ3n) is 1.97. The van der Waals surface area contributed by atoms with Gasteiger partial charge in [0.05, 0.1) is 19.4 Å². The van der Waals surface area contributed by atoms with Gasteiger partial charge in [-0.25, -0.2) is 4.98 Å². The van der Waals surface area contributed by atoms with Crippen LogP contribution in [-0.4, -0.2) is 35.3 Å². The second-order valence-electron chi connectivity index (χ2n) is 3.00. The van der Waals surface area contributed by atoms with Crippen molar-refractivity contribution in [2.45, 2.75) is 12.8 Å².